The van der Waals surface area contributed by atoms with Crippen LogP contribution >= 0.6 is 0 Å². The smallest absolute Gasteiger partial charge is 0.566 e. The first-order valence-corrected chi connectivity index (χ1v) is 6.10. The van der Waals surface area contributed by atoms with Crippen LogP contribution in [0, 0.1) is 6.61 Å². The van der Waals surface area contributed by atoms with Gasteiger partial charge in [-0.1, -0.05) is 54.4 Å². The minimum Gasteiger partial charge on any atom is -0.566 e. The third-order valence-corrected chi connectivity index (χ3v) is 2.73. The summed E-state index contributed by atoms with van der Waals surface area (Å²) in [6, 6.07) is 18.1. The molecule has 0 unspecified atom stereocenters. The van der Waals surface area contributed by atoms with Crippen molar-refractivity contribution in [3.63, 3.8) is 0 Å². The molecular weight excluding hydrogens is 288 g/mol. The van der Waals surface area contributed by atoms with E-state index in [1.165, 1.54) is 12.2 Å². The Balaban J connectivity index is 0.00000180. The van der Waals surface area contributed by atoms with Crippen molar-refractivity contribution in [2.45, 2.75) is 19.4 Å². The van der Waals surface area contributed by atoms with Crippen LogP contribution in [-0.4, -0.2) is 5.11 Å². The molecule has 0 heterocycles. The predicted octanol–water partition coefficient (Wildman–Crippen LogP) is 3.73. The molecule has 3 heteroatoms. The van der Waals surface area contributed by atoms with Crippen molar-refractivity contribution in [2.24, 2.45) is 0 Å². The third kappa shape index (κ3) is 5.48. The minimum atomic E-state index is 0. The van der Waals surface area contributed by atoms with E-state index in [9.17, 15) is 0 Å². The van der Waals surface area contributed by atoms with E-state index in [1.807, 2.05) is 54.6 Å². The molecule has 0 bridgehead atoms. The first-order chi connectivity index (χ1) is 8.88. The molecule has 0 aliphatic rings. The van der Waals surface area contributed by atoms with Gasteiger partial charge in [0.1, 0.15) is 12.4 Å². The number of aliphatic hydroxyl groups excluding tert-OH is 1. The Bertz CT molecular complexity index is 454. The van der Waals surface area contributed by atoms with E-state index in [1.54, 1.807) is 0 Å². The van der Waals surface area contributed by atoms with Crippen molar-refractivity contribution in [3.05, 3.63) is 72.3 Å². The van der Waals surface area contributed by atoms with Crippen LogP contribution in [0.1, 0.15) is 17.5 Å². The summed E-state index contributed by atoms with van der Waals surface area (Å²) < 4.78 is 5.69. The van der Waals surface area contributed by atoms with Crippen LogP contribution < -0.4 is 4.74 Å². The van der Waals surface area contributed by atoms with Gasteiger partial charge in [-0.2, -0.15) is 6.42 Å². The first-order valence-electron chi connectivity index (χ1n) is 6.10. The van der Waals surface area contributed by atoms with Gasteiger partial charge in [-0.15, -0.1) is 0 Å². The summed E-state index contributed by atoms with van der Waals surface area (Å²) in [6.45, 7) is 1.78. The zero-order valence-electron chi connectivity index (χ0n) is 10.6. The maximum absolute atomic E-state index is 8.64. The SMILES string of the molecule is O[CH-]CCc1ccc(OCc2ccccc2)cc1.[Cu+]. The fourth-order valence-corrected chi connectivity index (χ4v) is 1.72. The van der Waals surface area contributed by atoms with Gasteiger partial charge in [0.25, 0.3) is 0 Å². The number of aliphatic hydroxyl groups is 1. The molecule has 0 saturated carbocycles. The molecule has 0 aromatic heterocycles. The van der Waals surface area contributed by atoms with Crippen molar-refractivity contribution >= 4 is 0 Å². The van der Waals surface area contributed by atoms with Gasteiger partial charge in [0, 0.05) is 0 Å². The Hall–Kier alpha value is -1.28. The van der Waals surface area contributed by atoms with Crippen LogP contribution in [0.15, 0.2) is 54.6 Å². The molecule has 2 rings (SSSR count). The third-order valence-electron chi connectivity index (χ3n) is 2.73. The summed E-state index contributed by atoms with van der Waals surface area (Å²) in [4.78, 5) is 0. The average molecular weight is 305 g/mol. The Morgan fingerprint density at radius 2 is 1.58 bits per heavy atom. The van der Waals surface area contributed by atoms with Gasteiger partial charge in [0.2, 0.25) is 0 Å². The molecule has 0 radical (unpaired) electrons. The molecular formula is C16H17CuO2. The first kappa shape index (κ1) is 15.8. The van der Waals surface area contributed by atoms with Crippen molar-refractivity contribution in [1.82, 2.24) is 0 Å². The second kappa shape index (κ2) is 8.76. The monoisotopic (exact) mass is 304 g/mol. The summed E-state index contributed by atoms with van der Waals surface area (Å²) in [7, 11) is 0. The summed E-state index contributed by atoms with van der Waals surface area (Å²) in [5.41, 5.74) is 2.36. The Labute approximate surface area is 124 Å². The summed E-state index contributed by atoms with van der Waals surface area (Å²) in [5.74, 6) is 0.871. The molecule has 2 aromatic carbocycles. The largest absolute Gasteiger partial charge is 1.00 e. The molecule has 0 aliphatic carbocycles. The molecule has 0 spiro atoms. The van der Waals surface area contributed by atoms with Crippen LogP contribution in [-0.2, 0) is 30.1 Å². The molecule has 1 N–H and O–H groups in total. The molecule has 0 saturated heterocycles. The summed E-state index contributed by atoms with van der Waals surface area (Å²) in [5, 5.41) is 8.64. The molecule has 0 aliphatic heterocycles. The van der Waals surface area contributed by atoms with E-state index in [-0.39, 0.29) is 17.1 Å². The van der Waals surface area contributed by atoms with Gasteiger partial charge in [0.15, 0.2) is 0 Å². The van der Waals surface area contributed by atoms with Crippen molar-refractivity contribution in [2.75, 3.05) is 0 Å². The fourth-order valence-electron chi connectivity index (χ4n) is 1.72. The van der Waals surface area contributed by atoms with Crippen LogP contribution in [0.4, 0.5) is 0 Å². The number of hydrogen-bond donors (Lipinski definition) is 1. The van der Waals surface area contributed by atoms with E-state index in [0.717, 1.165) is 17.7 Å². The van der Waals surface area contributed by atoms with Crippen LogP contribution in [0.3, 0.4) is 0 Å². The summed E-state index contributed by atoms with van der Waals surface area (Å²) >= 11 is 0. The van der Waals surface area contributed by atoms with Crippen molar-refractivity contribution in [1.29, 1.82) is 0 Å². The van der Waals surface area contributed by atoms with Crippen LogP contribution in [0.5, 0.6) is 5.75 Å². The topological polar surface area (TPSA) is 29.5 Å². The van der Waals surface area contributed by atoms with Gasteiger partial charge in [-0.3, -0.25) is 0 Å². The molecule has 0 atom stereocenters. The van der Waals surface area contributed by atoms with E-state index in [0.29, 0.717) is 13.0 Å². The number of rotatable bonds is 6. The number of ether oxygens (including phenoxy) is 1. The fraction of sp³-hybridized carbons (Fsp3) is 0.188. The maximum Gasteiger partial charge on any atom is 1.00 e. The predicted molar refractivity (Wildman–Crippen MR) is 71.8 cm³/mol. The Morgan fingerprint density at radius 3 is 2.21 bits per heavy atom. The molecule has 104 valence electrons. The van der Waals surface area contributed by atoms with Gasteiger partial charge >= 0.3 is 17.1 Å². The molecule has 2 aromatic rings. The molecule has 2 nitrogen and oxygen atoms in total. The second-order valence-electron chi connectivity index (χ2n) is 4.14. The number of hydrogen-bond acceptors (Lipinski definition) is 2. The maximum atomic E-state index is 8.64. The zero-order valence-corrected chi connectivity index (χ0v) is 11.5. The van der Waals surface area contributed by atoms with Crippen molar-refractivity contribution < 1.29 is 26.9 Å². The molecule has 0 fully saturated rings. The van der Waals surface area contributed by atoms with Crippen LogP contribution in [0.2, 0.25) is 0 Å². The molecule has 19 heavy (non-hydrogen) atoms. The van der Waals surface area contributed by atoms with Gasteiger partial charge in [0.05, 0.1) is 0 Å². The quantitative estimate of drug-likeness (QED) is 0.651. The van der Waals surface area contributed by atoms with Gasteiger partial charge in [-0.05, 0) is 17.7 Å². The molecule has 0 amide bonds. The van der Waals surface area contributed by atoms with Gasteiger partial charge < -0.3 is 9.84 Å². The summed E-state index contributed by atoms with van der Waals surface area (Å²) in [6.07, 6.45) is 1.54. The van der Waals surface area contributed by atoms with E-state index in [4.69, 9.17) is 9.84 Å². The van der Waals surface area contributed by atoms with E-state index >= 15 is 0 Å². The minimum absolute atomic E-state index is 0. The van der Waals surface area contributed by atoms with Gasteiger partial charge in [-0.25, -0.2) is 6.61 Å². The van der Waals surface area contributed by atoms with Crippen molar-refractivity contribution in [3.8, 4) is 5.75 Å². The Morgan fingerprint density at radius 1 is 0.895 bits per heavy atom. The van der Waals surface area contributed by atoms with Crippen LogP contribution in [0.25, 0.3) is 0 Å². The number of benzene rings is 2. The average Bonchev–Trinajstić information content (AvgIpc) is 2.45. The second-order valence-corrected chi connectivity index (χ2v) is 4.14. The van der Waals surface area contributed by atoms with E-state index < -0.39 is 0 Å². The zero-order chi connectivity index (χ0) is 12.6. The van der Waals surface area contributed by atoms with E-state index in [2.05, 4.69) is 0 Å². The standard InChI is InChI=1S/C16H17O2.Cu/c17-12-4-7-14-8-10-16(11-9-14)18-13-15-5-2-1-3-6-15;/h1-3,5-6,8-12,17H,4,7,13H2;/q-1;+1. The number of aryl methyl sites for hydroxylation is 1. The normalized spacial score (nSPS) is 9.74. The Kier molecular flexibility index (Phi) is 7.27.